The first-order chi connectivity index (χ1) is 15.3. The SMILES string of the molecule is CSc1ccccc1NC(=O)COc1ccc(S(=O)(=O)N[C@@H](C)c2ccccc2)cc1Cl. The van der Waals surface area contributed by atoms with Crippen LogP contribution in [-0.4, -0.2) is 27.2 Å². The van der Waals surface area contributed by atoms with Crippen molar-refractivity contribution in [3.05, 3.63) is 83.4 Å². The van der Waals surface area contributed by atoms with E-state index in [2.05, 4.69) is 10.0 Å². The number of rotatable bonds is 9. The first-order valence-corrected chi connectivity index (χ1v) is 12.8. The van der Waals surface area contributed by atoms with E-state index in [9.17, 15) is 13.2 Å². The van der Waals surface area contributed by atoms with Crippen molar-refractivity contribution in [2.24, 2.45) is 0 Å². The third-order valence-corrected chi connectivity index (χ3v) is 7.21. The second-order valence-corrected chi connectivity index (χ2v) is 9.85. The van der Waals surface area contributed by atoms with E-state index in [1.165, 1.54) is 30.0 Å². The Morgan fingerprint density at radius 2 is 1.75 bits per heavy atom. The minimum Gasteiger partial charge on any atom is -0.482 e. The van der Waals surface area contributed by atoms with Gasteiger partial charge in [-0.25, -0.2) is 13.1 Å². The highest BCUT2D eigenvalue weighted by atomic mass is 35.5. The number of hydrogen-bond donors (Lipinski definition) is 2. The summed E-state index contributed by atoms with van der Waals surface area (Å²) in [6.07, 6.45) is 1.92. The van der Waals surface area contributed by atoms with Crippen molar-refractivity contribution in [2.45, 2.75) is 22.8 Å². The lowest BCUT2D eigenvalue weighted by molar-refractivity contribution is -0.118. The average Bonchev–Trinajstić information content (AvgIpc) is 2.79. The predicted octanol–water partition coefficient (Wildman–Crippen LogP) is 5.12. The van der Waals surface area contributed by atoms with E-state index in [4.69, 9.17) is 16.3 Å². The lowest BCUT2D eigenvalue weighted by Gasteiger charge is -2.15. The van der Waals surface area contributed by atoms with E-state index in [1.54, 1.807) is 13.0 Å². The summed E-state index contributed by atoms with van der Waals surface area (Å²) in [5.74, 6) is -0.132. The monoisotopic (exact) mass is 490 g/mol. The Morgan fingerprint density at radius 1 is 1.06 bits per heavy atom. The standard InChI is InChI=1S/C23H23ClN2O4S2/c1-16(17-8-4-3-5-9-17)26-32(28,29)18-12-13-21(19(24)14-18)30-15-23(27)25-20-10-6-7-11-22(20)31-2/h3-14,16,26H,15H2,1-2H3,(H,25,27)/t16-/m0/s1. The van der Waals surface area contributed by atoms with E-state index in [0.29, 0.717) is 5.69 Å². The summed E-state index contributed by atoms with van der Waals surface area (Å²) in [4.78, 5) is 13.2. The van der Waals surface area contributed by atoms with E-state index >= 15 is 0 Å². The van der Waals surface area contributed by atoms with Gasteiger partial charge in [0.15, 0.2) is 6.61 Å². The Morgan fingerprint density at radius 3 is 2.44 bits per heavy atom. The maximum absolute atomic E-state index is 12.7. The Hall–Kier alpha value is -2.52. The molecule has 0 fully saturated rings. The fraction of sp³-hybridized carbons (Fsp3) is 0.174. The first kappa shape index (κ1) is 24.1. The molecule has 0 aliphatic rings. The van der Waals surface area contributed by atoms with Crippen molar-refractivity contribution in [3.63, 3.8) is 0 Å². The number of nitrogens with one attached hydrogen (secondary N) is 2. The fourth-order valence-electron chi connectivity index (χ4n) is 2.95. The van der Waals surface area contributed by atoms with E-state index < -0.39 is 16.1 Å². The molecule has 0 saturated carbocycles. The number of halogens is 1. The highest BCUT2D eigenvalue weighted by Crippen LogP contribution is 2.29. The Labute approximate surface area is 197 Å². The maximum atomic E-state index is 12.7. The van der Waals surface area contributed by atoms with Gasteiger partial charge in [0.05, 0.1) is 15.6 Å². The molecule has 6 nitrogen and oxygen atoms in total. The van der Waals surface area contributed by atoms with Gasteiger partial charge >= 0.3 is 0 Å². The number of carbonyl (C=O) groups excluding carboxylic acids is 1. The van der Waals surface area contributed by atoms with E-state index in [-0.39, 0.29) is 28.2 Å². The molecule has 3 aromatic carbocycles. The molecule has 0 unspecified atom stereocenters. The largest absolute Gasteiger partial charge is 0.482 e. The van der Waals surface area contributed by atoms with Crippen LogP contribution in [0.3, 0.4) is 0 Å². The smallest absolute Gasteiger partial charge is 0.262 e. The highest BCUT2D eigenvalue weighted by molar-refractivity contribution is 7.98. The van der Waals surface area contributed by atoms with Gasteiger partial charge in [-0.15, -0.1) is 11.8 Å². The van der Waals surface area contributed by atoms with Gasteiger partial charge in [0.25, 0.3) is 5.91 Å². The molecule has 1 amide bonds. The fourth-order valence-corrected chi connectivity index (χ4v) is 5.07. The van der Waals surface area contributed by atoms with Crippen molar-refractivity contribution in [1.29, 1.82) is 0 Å². The second-order valence-electron chi connectivity index (χ2n) is 6.88. The number of amides is 1. The van der Waals surface area contributed by atoms with Gasteiger partial charge in [0.2, 0.25) is 10.0 Å². The van der Waals surface area contributed by atoms with Gasteiger partial charge in [0.1, 0.15) is 5.75 Å². The molecule has 0 bridgehead atoms. The summed E-state index contributed by atoms with van der Waals surface area (Å²) < 4.78 is 33.6. The molecule has 32 heavy (non-hydrogen) atoms. The molecule has 0 spiro atoms. The summed E-state index contributed by atoms with van der Waals surface area (Å²) in [6, 6.07) is 20.4. The predicted molar refractivity (Wildman–Crippen MR) is 129 cm³/mol. The first-order valence-electron chi connectivity index (χ1n) is 9.72. The number of carbonyl (C=O) groups is 1. The average molecular weight is 491 g/mol. The molecule has 3 aromatic rings. The zero-order chi connectivity index (χ0) is 23.1. The van der Waals surface area contributed by atoms with Crippen LogP contribution in [0.5, 0.6) is 5.75 Å². The summed E-state index contributed by atoms with van der Waals surface area (Å²) in [5, 5.41) is 2.89. The molecule has 0 aliphatic heterocycles. The van der Waals surface area contributed by atoms with Crippen LogP contribution in [0.1, 0.15) is 18.5 Å². The van der Waals surface area contributed by atoms with Gasteiger partial charge < -0.3 is 10.1 Å². The van der Waals surface area contributed by atoms with Crippen LogP contribution in [0.15, 0.2) is 82.6 Å². The number of sulfonamides is 1. The van der Waals surface area contributed by atoms with Gasteiger partial charge in [-0.3, -0.25) is 4.79 Å². The number of anilines is 1. The molecule has 2 N–H and O–H groups in total. The van der Waals surface area contributed by atoms with Crippen LogP contribution in [0.2, 0.25) is 5.02 Å². The van der Waals surface area contributed by atoms with Gasteiger partial charge in [-0.2, -0.15) is 0 Å². The minimum atomic E-state index is -3.80. The molecular formula is C23H23ClN2O4S2. The lowest BCUT2D eigenvalue weighted by Crippen LogP contribution is -2.27. The molecule has 1 atom stereocenters. The molecule has 168 valence electrons. The van der Waals surface area contributed by atoms with Crippen molar-refractivity contribution in [3.8, 4) is 5.75 Å². The second kappa shape index (κ2) is 10.9. The molecule has 3 rings (SSSR count). The van der Waals surface area contributed by atoms with E-state index in [0.717, 1.165) is 10.5 Å². The van der Waals surface area contributed by atoms with Crippen molar-refractivity contribution >= 4 is 45.0 Å². The summed E-state index contributed by atoms with van der Waals surface area (Å²) >= 11 is 7.75. The summed E-state index contributed by atoms with van der Waals surface area (Å²) in [5.41, 5.74) is 1.54. The molecular weight excluding hydrogens is 468 g/mol. The Kier molecular flexibility index (Phi) is 8.20. The number of benzene rings is 3. The van der Waals surface area contributed by atoms with Crippen LogP contribution in [0, 0.1) is 0 Å². The number of ether oxygens (including phenoxy) is 1. The zero-order valence-electron chi connectivity index (χ0n) is 17.5. The Balaban J connectivity index is 1.63. The summed E-state index contributed by atoms with van der Waals surface area (Å²) in [7, 11) is -3.80. The molecule has 9 heteroatoms. The molecule has 0 saturated heterocycles. The minimum absolute atomic E-state index is 0.0102. The topological polar surface area (TPSA) is 84.5 Å². The summed E-state index contributed by atoms with van der Waals surface area (Å²) in [6.45, 7) is 1.50. The van der Waals surface area contributed by atoms with Crippen LogP contribution in [0.4, 0.5) is 5.69 Å². The number of para-hydroxylation sites is 1. The van der Waals surface area contributed by atoms with Gasteiger partial charge in [0, 0.05) is 10.9 Å². The Bertz CT molecular complexity index is 1190. The van der Waals surface area contributed by atoms with Crippen LogP contribution in [0.25, 0.3) is 0 Å². The number of thioether (sulfide) groups is 1. The quantitative estimate of drug-likeness (QED) is 0.407. The third kappa shape index (κ3) is 6.26. The highest BCUT2D eigenvalue weighted by Gasteiger charge is 2.20. The van der Waals surface area contributed by atoms with Crippen LogP contribution in [-0.2, 0) is 14.8 Å². The molecule has 0 aromatic heterocycles. The maximum Gasteiger partial charge on any atom is 0.262 e. The van der Waals surface area contributed by atoms with E-state index in [1.807, 2.05) is 54.8 Å². The molecule has 0 radical (unpaired) electrons. The van der Waals surface area contributed by atoms with Gasteiger partial charge in [-0.1, -0.05) is 54.1 Å². The molecule has 0 heterocycles. The van der Waals surface area contributed by atoms with Crippen LogP contribution < -0.4 is 14.8 Å². The normalized spacial score (nSPS) is 12.2. The lowest BCUT2D eigenvalue weighted by atomic mass is 10.1. The molecule has 0 aliphatic carbocycles. The zero-order valence-corrected chi connectivity index (χ0v) is 19.9. The van der Waals surface area contributed by atoms with Crippen molar-refractivity contribution in [2.75, 3.05) is 18.2 Å². The van der Waals surface area contributed by atoms with Gasteiger partial charge in [-0.05, 0) is 49.1 Å². The van der Waals surface area contributed by atoms with Crippen LogP contribution >= 0.6 is 23.4 Å². The number of hydrogen-bond acceptors (Lipinski definition) is 5. The third-order valence-electron chi connectivity index (χ3n) is 4.58. The van der Waals surface area contributed by atoms with Crippen molar-refractivity contribution < 1.29 is 17.9 Å². The van der Waals surface area contributed by atoms with Crippen molar-refractivity contribution in [1.82, 2.24) is 4.72 Å².